The molecule has 2 aliphatic carbocycles. The molecule has 4 nitrogen and oxygen atoms in total. The summed E-state index contributed by atoms with van der Waals surface area (Å²) < 4.78 is 5.40. The van der Waals surface area contributed by atoms with Crippen LogP contribution in [0.15, 0.2) is 0 Å². The summed E-state index contributed by atoms with van der Waals surface area (Å²) in [6.45, 7) is 8.89. The van der Waals surface area contributed by atoms with Gasteiger partial charge in [0.25, 0.3) is 0 Å². The van der Waals surface area contributed by atoms with Crippen molar-refractivity contribution in [3.05, 3.63) is 0 Å². The highest BCUT2D eigenvalue weighted by atomic mass is 16.6. The lowest BCUT2D eigenvalue weighted by molar-refractivity contribution is 0.0496. The van der Waals surface area contributed by atoms with Crippen molar-refractivity contribution in [1.82, 2.24) is 10.6 Å². The van der Waals surface area contributed by atoms with Crippen molar-refractivity contribution in [1.29, 1.82) is 0 Å². The molecule has 2 fully saturated rings. The van der Waals surface area contributed by atoms with E-state index in [9.17, 15) is 4.79 Å². The van der Waals surface area contributed by atoms with Gasteiger partial charge in [-0.2, -0.15) is 0 Å². The Morgan fingerprint density at radius 1 is 1.13 bits per heavy atom. The van der Waals surface area contributed by atoms with E-state index >= 15 is 0 Å². The second-order valence-corrected chi connectivity index (χ2v) is 8.50. The molecule has 0 bridgehead atoms. The highest BCUT2D eigenvalue weighted by Crippen LogP contribution is 2.33. The van der Waals surface area contributed by atoms with E-state index in [0.717, 1.165) is 12.5 Å². The van der Waals surface area contributed by atoms with Crippen LogP contribution >= 0.6 is 0 Å². The molecule has 0 radical (unpaired) electrons. The van der Waals surface area contributed by atoms with Gasteiger partial charge in [0.1, 0.15) is 5.60 Å². The molecule has 4 heteroatoms. The Balaban J connectivity index is 1.70. The number of hydrogen-bond donors (Lipinski definition) is 2. The fourth-order valence-electron chi connectivity index (χ4n) is 3.65. The number of ether oxygens (including phenoxy) is 1. The summed E-state index contributed by atoms with van der Waals surface area (Å²) in [5, 5.41) is 6.78. The number of nitrogens with one attached hydrogen (secondary N) is 2. The van der Waals surface area contributed by atoms with Crippen LogP contribution in [0.5, 0.6) is 0 Å². The molecule has 1 amide bonds. The van der Waals surface area contributed by atoms with Crippen LogP contribution in [0.25, 0.3) is 0 Å². The fourth-order valence-corrected chi connectivity index (χ4v) is 3.65. The number of alkyl carbamates (subject to hydrolysis) is 1. The molecule has 2 aliphatic rings. The topological polar surface area (TPSA) is 50.4 Å². The maximum Gasteiger partial charge on any atom is 0.407 e. The second kappa shape index (κ2) is 8.36. The minimum atomic E-state index is -0.427. The highest BCUT2D eigenvalue weighted by molar-refractivity contribution is 5.68. The number of hydrogen-bond acceptors (Lipinski definition) is 3. The quantitative estimate of drug-likeness (QED) is 0.736. The minimum absolute atomic E-state index is 0.221. The van der Waals surface area contributed by atoms with Crippen molar-refractivity contribution in [3.63, 3.8) is 0 Å². The van der Waals surface area contributed by atoms with Crippen molar-refractivity contribution in [2.75, 3.05) is 6.54 Å². The number of amides is 1. The summed E-state index contributed by atoms with van der Waals surface area (Å²) in [6.07, 6.45) is 10.2. The van der Waals surface area contributed by atoms with Crippen molar-refractivity contribution in [2.24, 2.45) is 11.8 Å². The monoisotopic (exact) mass is 324 g/mol. The molecule has 23 heavy (non-hydrogen) atoms. The molecule has 134 valence electrons. The summed E-state index contributed by atoms with van der Waals surface area (Å²) in [5.74, 6) is 1.57. The smallest absolute Gasteiger partial charge is 0.407 e. The lowest BCUT2D eigenvalue weighted by atomic mass is 9.83. The molecule has 2 rings (SSSR count). The average molecular weight is 325 g/mol. The summed E-state index contributed by atoms with van der Waals surface area (Å²) in [5.41, 5.74) is -0.427. The second-order valence-electron chi connectivity index (χ2n) is 8.50. The van der Waals surface area contributed by atoms with Crippen LogP contribution in [0.2, 0.25) is 0 Å². The van der Waals surface area contributed by atoms with Gasteiger partial charge in [-0.05, 0) is 71.1 Å². The van der Waals surface area contributed by atoms with Crippen LogP contribution in [-0.2, 0) is 4.74 Å². The lowest BCUT2D eigenvalue weighted by Crippen LogP contribution is -2.48. The first-order chi connectivity index (χ1) is 10.9. The number of carbonyl (C=O) groups is 1. The minimum Gasteiger partial charge on any atom is -0.444 e. The van der Waals surface area contributed by atoms with Crippen LogP contribution in [0.3, 0.4) is 0 Å². The number of rotatable bonds is 7. The summed E-state index contributed by atoms with van der Waals surface area (Å²) in [4.78, 5) is 12.0. The fraction of sp³-hybridized carbons (Fsp3) is 0.947. The third kappa shape index (κ3) is 7.11. The van der Waals surface area contributed by atoms with Gasteiger partial charge < -0.3 is 15.4 Å². The predicted octanol–water partition coefficient (Wildman–Crippen LogP) is 4.24. The molecule has 0 heterocycles. The van der Waals surface area contributed by atoms with Gasteiger partial charge in [0.05, 0.1) is 0 Å². The Morgan fingerprint density at radius 2 is 1.78 bits per heavy atom. The summed E-state index contributed by atoms with van der Waals surface area (Å²) in [7, 11) is 0. The largest absolute Gasteiger partial charge is 0.444 e. The van der Waals surface area contributed by atoms with E-state index in [2.05, 4.69) is 17.6 Å². The normalized spacial score (nSPS) is 26.6. The molecule has 0 aromatic heterocycles. The van der Waals surface area contributed by atoms with Gasteiger partial charge in [0.2, 0.25) is 0 Å². The zero-order valence-electron chi connectivity index (χ0n) is 15.5. The molecule has 0 spiro atoms. The summed E-state index contributed by atoms with van der Waals surface area (Å²) >= 11 is 0. The molecule has 1 atom stereocenters. The van der Waals surface area contributed by atoms with Crippen molar-refractivity contribution in [2.45, 2.75) is 96.7 Å². The molecule has 0 saturated heterocycles. The maximum absolute atomic E-state index is 12.0. The molecule has 2 N–H and O–H groups in total. The molecule has 1 unspecified atom stereocenters. The van der Waals surface area contributed by atoms with Gasteiger partial charge in [-0.25, -0.2) is 4.79 Å². The highest BCUT2D eigenvalue weighted by Gasteiger charge is 2.34. The van der Waals surface area contributed by atoms with Crippen LogP contribution in [0.4, 0.5) is 4.79 Å². The van der Waals surface area contributed by atoms with Gasteiger partial charge in [-0.15, -0.1) is 0 Å². The van der Waals surface area contributed by atoms with E-state index in [1.807, 2.05) is 20.8 Å². The predicted molar refractivity (Wildman–Crippen MR) is 94.5 cm³/mol. The SMILES string of the molecule is CCCC1CCC(NCC(NC(=O)OC(C)(C)C)C2CC2)CC1. The zero-order valence-corrected chi connectivity index (χ0v) is 15.5. The lowest BCUT2D eigenvalue weighted by Gasteiger charge is -2.31. The van der Waals surface area contributed by atoms with Crippen LogP contribution < -0.4 is 10.6 Å². The van der Waals surface area contributed by atoms with Gasteiger partial charge >= 0.3 is 6.09 Å². The third-order valence-electron chi connectivity index (χ3n) is 5.06. The standard InChI is InChI=1S/C19H36N2O2/c1-5-6-14-7-11-16(12-8-14)20-13-17(15-9-10-15)21-18(22)23-19(2,3)4/h14-17,20H,5-13H2,1-4H3,(H,21,22). The Hall–Kier alpha value is -0.770. The van der Waals surface area contributed by atoms with Crippen LogP contribution in [-0.4, -0.2) is 30.3 Å². The van der Waals surface area contributed by atoms with Gasteiger partial charge in [-0.1, -0.05) is 19.8 Å². The van der Waals surface area contributed by atoms with E-state index in [-0.39, 0.29) is 12.1 Å². The molecular formula is C19H36N2O2. The molecular weight excluding hydrogens is 288 g/mol. The third-order valence-corrected chi connectivity index (χ3v) is 5.06. The van der Waals surface area contributed by atoms with E-state index < -0.39 is 5.60 Å². The Morgan fingerprint density at radius 3 is 2.30 bits per heavy atom. The van der Waals surface area contributed by atoms with Gasteiger partial charge in [0.15, 0.2) is 0 Å². The van der Waals surface area contributed by atoms with E-state index in [1.165, 1.54) is 51.4 Å². The van der Waals surface area contributed by atoms with Crippen LogP contribution in [0, 0.1) is 11.8 Å². The summed E-state index contributed by atoms with van der Waals surface area (Å²) in [6, 6.07) is 0.850. The molecule has 0 aliphatic heterocycles. The Kier molecular flexibility index (Phi) is 6.75. The number of carbonyl (C=O) groups excluding carboxylic acids is 1. The first-order valence-electron chi connectivity index (χ1n) is 9.60. The van der Waals surface area contributed by atoms with Gasteiger partial charge in [-0.3, -0.25) is 0 Å². The molecule has 2 saturated carbocycles. The van der Waals surface area contributed by atoms with E-state index in [0.29, 0.717) is 12.0 Å². The Labute approximate surface area is 142 Å². The van der Waals surface area contributed by atoms with Crippen molar-refractivity contribution < 1.29 is 9.53 Å². The van der Waals surface area contributed by atoms with Crippen LogP contribution in [0.1, 0.15) is 79.1 Å². The Bertz CT molecular complexity index is 366. The van der Waals surface area contributed by atoms with E-state index in [4.69, 9.17) is 4.74 Å². The molecule has 0 aromatic rings. The molecule has 0 aromatic carbocycles. The van der Waals surface area contributed by atoms with Crippen molar-refractivity contribution in [3.8, 4) is 0 Å². The van der Waals surface area contributed by atoms with Crippen molar-refractivity contribution >= 4 is 6.09 Å². The maximum atomic E-state index is 12.0. The average Bonchev–Trinajstić information content (AvgIpc) is 3.28. The first-order valence-corrected chi connectivity index (χ1v) is 9.60. The first kappa shape index (κ1) is 18.6. The zero-order chi connectivity index (χ0) is 16.9. The van der Waals surface area contributed by atoms with Gasteiger partial charge in [0, 0.05) is 18.6 Å². The van der Waals surface area contributed by atoms with E-state index in [1.54, 1.807) is 0 Å².